The molecule has 2 N–H and O–H groups in total. The minimum absolute atomic E-state index is 0.0716. The third-order valence-corrected chi connectivity index (χ3v) is 8.43. The van der Waals surface area contributed by atoms with Gasteiger partial charge in [-0.15, -0.1) is 11.8 Å². The number of aliphatic carboxylic acids is 1. The van der Waals surface area contributed by atoms with Gasteiger partial charge in [0.15, 0.2) is 0 Å². The third-order valence-electron chi connectivity index (χ3n) is 6.78. The van der Waals surface area contributed by atoms with Crippen LogP contribution in [0.15, 0.2) is 60.7 Å². The number of alkyl halides is 3. The van der Waals surface area contributed by atoms with Gasteiger partial charge in [-0.25, -0.2) is 4.79 Å². The molecule has 4 rings (SSSR count). The summed E-state index contributed by atoms with van der Waals surface area (Å²) in [6.07, 6.45) is -0.143. The lowest BCUT2D eigenvalue weighted by Gasteiger charge is -2.33. The van der Waals surface area contributed by atoms with E-state index in [1.54, 1.807) is 36.0 Å². The second-order valence-electron chi connectivity index (χ2n) is 10.0. The number of rotatable bonds is 9. The van der Waals surface area contributed by atoms with Crippen molar-refractivity contribution in [1.29, 1.82) is 0 Å². The van der Waals surface area contributed by atoms with E-state index in [0.29, 0.717) is 16.2 Å². The van der Waals surface area contributed by atoms with Gasteiger partial charge in [0.2, 0.25) is 0 Å². The molecule has 0 heterocycles. The average molecular weight is 546 g/mol. The molecule has 0 bridgehead atoms. The largest absolute Gasteiger partial charge is 0.487 e. The highest BCUT2D eigenvalue weighted by molar-refractivity contribution is 8.01. The zero-order chi connectivity index (χ0) is 27.5. The van der Waals surface area contributed by atoms with Crippen molar-refractivity contribution in [2.24, 2.45) is 0 Å². The number of hydrogen-bond acceptors (Lipinski definition) is 4. The zero-order valence-corrected chi connectivity index (χ0v) is 22.0. The Kier molecular flexibility index (Phi) is 8.25. The van der Waals surface area contributed by atoms with E-state index in [2.05, 4.69) is 5.32 Å². The summed E-state index contributed by atoms with van der Waals surface area (Å²) < 4.78 is 44.0. The van der Waals surface area contributed by atoms with Crippen molar-refractivity contribution in [3.63, 3.8) is 0 Å². The lowest BCUT2D eigenvalue weighted by molar-refractivity contribution is -0.140. The van der Waals surface area contributed by atoms with Gasteiger partial charge in [0.05, 0.1) is 11.1 Å². The normalized spacial score (nSPS) is 15.4. The van der Waals surface area contributed by atoms with Crippen LogP contribution in [0.25, 0.3) is 10.8 Å². The number of carbonyl (C=O) groups is 2. The van der Waals surface area contributed by atoms with E-state index in [1.807, 2.05) is 26.0 Å². The molecule has 0 radical (unpaired) electrons. The van der Waals surface area contributed by atoms with Gasteiger partial charge in [-0.1, -0.05) is 55.3 Å². The maximum absolute atomic E-state index is 13.5. The molecule has 202 valence electrons. The number of ether oxygens (including phenoxy) is 1. The Balaban J connectivity index is 1.60. The number of thioether (sulfide) groups is 1. The van der Waals surface area contributed by atoms with Crippen LogP contribution in [0.2, 0.25) is 0 Å². The quantitative estimate of drug-likeness (QED) is 0.301. The maximum atomic E-state index is 13.5. The molecule has 0 aliphatic heterocycles. The van der Waals surface area contributed by atoms with E-state index >= 15 is 0 Å². The topological polar surface area (TPSA) is 75.6 Å². The van der Waals surface area contributed by atoms with Crippen LogP contribution >= 0.6 is 11.8 Å². The first-order valence-corrected chi connectivity index (χ1v) is 13.4. The molecule has 1 aliphatic carbocycles. The Morgan fingerprint density at radius 1 is 1.03 bits per heavy atom. The first kappa shape index (κ1) is 27.8. The number of fused-ring (bicyclic) bond motifs is 1. The molecular weight excluding hydrogens is 515 g/mol. The molecule has 1 saturated carbocycles. The Hall–Kier alpha value is -3.20. The van der Waals surface area contributed by atoms with Gasteiger partial charge < -0.3 is 15.2 Å². The summed E-state index contributed by atoms with van der Waals surface area (Å²) in [6, 6.07) is 14.1. The van der Waals surface area contributed by atoms with E-state index < -0.39 is 34.4 Å². The summed E-state index contributed by atoms with van der Waals surface area (Å²) in [5.41, 5.74) is -0.109. The Bertz CT molecular complexity index is 1300. The van der Waals surface area contributed by atoms with Gasteiger partial charge in [-0.3, -0.25) is 4.79 Å². The van der Waals surface area contributed by atoms with Crippen molar-refractivity contribution in [3.8, 4) is 5.75 Å². The van der Waals surface area contributed by atoms with Crippen LogP contribution < -0.4 is 10.1 Å². The highest BCUT2D eigenvalue weighted by Crippen LogP contribution is 2.40. The molecule has 0 aromatic heterocycles. The second-order valence-corrected chi connectivity index (χ2v) is 12.0. The fraction of sp³-hybridized carbons (Fsp3) is 0.379. The van der Waals surface area contributed by atoms with Crippen LogP contribution in [0.4, 0.5) is 13.2 Å². The number of carboxylic acid groups (broad SMARTS) is 1. The smallest absolute Gasteiger partial charge is 0.416 e. The van der Waals surface area contributed by atoms with Gasteiger partial charge in [-0.05, 0) is 55.8 Å². The first-order valence-electron chi connectivity index (χ1n) is 12.5. The number of hydrogen-bond donors (Lipinski definition) is 2. The summed E-state index contributed by atoms with van der Waals surface area (Å²) in [7, 11) is 0. The fourth-order valence-corrected chi connectivity index (χ4v) is 6.49. The molecule has 0 saturated heterocycles. The second kappa shape index (κ2) is 11.3. The van der Waals surface area contributed by atoms with Crippen LogP contribution in [-0.4, -0.2) is 33.0 Å². The number of carboxylic acids is 1. The van der Waals surface area contributed by atoms with Crippen molar-refractivity contribution >= 4 is 34.4 Å². The predicted octanol–water partition coefficient (Wildman–Crippen LogP) is 7.08. The molecule has 9 heteroatoms. The molecule has 1 amide bonds. The molecule has 1 fully saturated rings. The maximum Gasteiger partial charge on any atom is 0.416 e. The lowest BCUT2D eigenvalue weighted by Crippen LogP contribution is -2.53. The molecule has 0 spiro atoms. The van der Waals surface area contributed by atoms with E-state index in [9.17, 15) is 27.9 Å². The average Bonchev–Trinajstić information content (AvgIpc) is 3.37. The molecule has 1 atom stereocenters. The van der Waals surface area contributed by atoms with Gasteiger partial charge in [-0.2, -0.15) is 13.2 Å². The van der Waals surface area contributed by atoms with Gasteiger partial charge in [0.1, 0.15) is 18.4 Å². The molecule has 1 aliphatic rings. The van der Waals surface area contributed by atoms with E-state index in [4.69, 9.17) is 4.74 Å². The predicted molar refractivity (Wildman–Crippen MR) is 143 cm³/mol. The summed E-state index contributed by atoms with van der Waals surface area (Å²) in [5, 5.41) is 14.5. The van der Waals surface area contributed by atoms with Crippen LogP contribution in [0, 0.1) is 0 Å². The van der Waals surface area contributed by atoms with Crippen molar-refractivity contribution in [2.45, 2.75) is 68.4 Å². The summed E-state index contributed by atoms with van der Waals surface area (Å²) >= 11 is 1.59. The number of amides is 1. The van der Waals surface area contributed by atoms with Crippen LogP contribution in [0.5, 0.6) is 5.75 Å². The first-order chi connectivity index (χ1) is 18.0. The Morgan fingerprint density at radius 2 is 1.68 bits per heavy atom. The fourth-order valence-electron chi connectivity index (χ4n) is 4.77. The summed E-state index contributed by atoms with van der Waals surface area (Å²) in [6.45, 7) is 3.59. The molecular formula is C29H30F3NO4S. The SMILES string of the molecule is CC(C)(SC1CCCC1)[C@H](NC(=O)c1ccc2ccccc2c1OCc1ccc(C(F)(F)F)cc1)C(=O)O. The highest BCUT2D eigenvalue weighted by Gasteiger charge is 2.40. The van der Waals surface area contributed by atoms with Crippen molar-refractivity contribution in [3.05, 3.63) is 77.4 Å². The van der Waals surface area contributed by atoms with Crippen LogP contribution in [0.3, 0.4) is 0 Å². The molecule has 38 heavy (non-hydrogen) atoms. The van der Waals surface area contributed by atoms with E-state index in [-0.39, 0.29) is 17.9 Å². The number of carbonyl (C=O) groups excluding carboxylic acids is 1. The van der Waals surface area contributed by atoms with E-state index in [0.717, 1.165) is 43.2 Å². The monoisotopic (exact) mass is 545 g/mol. The third kappa shape index (κ3) is 6.43. The van der Waals surface area contributed by atoms with Crippen molar-refractivity contribution in [1.82, 2.24) is 5.32 Å². The summed E-state index contributed by atoms with van der Waals surface area (Å²) in [5.74, 6) is -1.47. The van der Waals surface area contributed by atoms with Crippen LogP contribution in [-0.2, 0) is 17.6 Å². The van der Waals surface area contributed by atoms with Gasteiger partial charge >= 0.3 is 12.1 Å². The molecule has 0 unspecified atom stereocenters. The van der Waals surface area contributed by atoms with Crippen LogP contribution in [0.1, 0.15) is 61.0 Å². The van der Waals surface area contributed by atoms with E-state index in [1.165, 1.54) is 12.1 Å². The minimum Gasteiger partial charge on any atom is -0.487 e. The van der Waals surface area contributed by atoms with Crippen molar-refractivity contribution < 1.29 is 32.6 Å². The zero-order valence-electron chi connectivity index (χ0n) is 21.2. The Labute approximate surface area is 223 Å². The lowest BCUT2D eigenvalue weighted by atomic mass is 10.0. The summed E-state index contributed by atoms with van der Waals surface area (Å²) in [4.78, 5) is 25.7. The van der Waals surface area contributed by atoms with Gasteiger partial charge in [0, 0.05) is 15.4 Å². The number of halogens is 3. The molecule has 3 aromatic carbocycles. The highest BCUT2D eigenvalue weighted by atomic mass is 32.2. The standard InChI is InChI=1S/C29H30F3NO4S/c1-28(2,38-21-8-4-5-9-21)25(27(35)36)33-26(34)23-16-13-19-7-3-6-10-22(19)24(23)37-17-18-11-14-20(15-12-18)29(30,31)32/h3,6-7,10-16,21,25H,4-5,8-9,17H2,1-2H3,(H,33,34)(H,35,36)/t25-/m1/s1. The Morgan fingerprint density at radius 3 is 2.32 bits per heavy atom. The minimum atomic E-state index is -4.44. The molecule has 5 nitrogen and oxygen atoms in total. The number of nitrogens with one attached hydrogen (secondary N) is 1. The number of benzene rings is 3. The van der Waals surface area contributed by atoms with Gasteiger partial charge in [0.25, 0.3) is 5.91 Å². The molecule has 3 aromatic rings. The van der Waals surface area contributed by atoms with Crippen molar-refractivity contribution in [2.75, 3.05) is 0 Å².